The van der Waals surface area contributed by atoms with Gasteiger partial charge < -0.3 is 0 Å². The van der Waals surface area contributed by atoms with Crippen molar-refractivity contribution in [1.82, 2.24) is 0 Å². The Morgan fingerprint density at radius 1 is 1.44 bits per heavy atom. The molecule has 0 bridgehead atoms. The first-order chi connectivity index (χ1) is 4.43. The van der Waals surface area contributed by atoms with Crippen LogP contribution in [0.2, 0.25) is 0 Å². The van der Waals surface area contributed by atoms with E-state index in [-0.39, 0.29) is 0 Å². The average molecular weight is 118 g/mol. The topological polar surface area (TPSA) is 0 Å². The molecule has 0 aliphatic heterocycles. The second-order valence-electron chi connectivity index (χ2n) is 1.96. The van der Waals surface area contributed by atoms with Crippen molar-refractivity contribution in [3.8, 4) is 0 Å². The van der Waals surface area contributed by atoms with Crippen LogP contribution in [0.15, 0.2) is 41.7 Å². The molecule has 0 unspecified atom stereocenters. The predicted octanol–water partition coefficient (Wildman–Crippen LogP) is 2.60. The van der Waals surface area contributed by atoms with Gasteiger partial charge in [-0.2, -0.15) is 0 Å². The molecular formula is C9H10. The second kappa shape index (κ2) is 3.11. The van der Waals surface area contributed by atoms with Crippen LogP contribution >= 0.6 is 0 Å². The van der Waals surface area contributed by atoms with Gasteiger partial charge in [0.25, 0.3) is 0 Å². The fourth-order valence-corrected chi connectivity index (χ4v) is 0.713. The predicted molar refractivity (Wildman–Crippen MR) is 40.2 cm³/mol. The summed E-state index contributed by atoms with van der Waals surface area (Å²) in [6.07, 6.45) is 11.1. The minimum Gasteiger partial charge on any atom is -0.121 e. The van der Waals surface area contributed by atoms with Crippen molar-refractivity contribution in [2.45, 2.75) is 13.3 Å². The molecule has 0 fully saturated rings. The zero-order valence-corrected chi connectivity index (χ0v) is 5.59. The summed E-state index contributed by atoms with van der Waals surface area (Å²) in [5, 5.41) is 0. The molecule has 0 saturated carbocycles. The number of rotatable bonds is 1. The minimum atomic E-state index is 1.09. The van der Waals surface area contributed by atoms with Gasteiger partial charge in [-0.05, 0) is 24.1 Å². The van der Waals surface area contributed by atoms with Crippen molar-refractivity contribution in [3.05, 3.63) is 41.7 Å². The quantitative estimate of drug-likeness (QED) is 0.464. The Bertz CT molecular complexity index is 198. The first-order valence-corrected chi connectivity index (χ1v) is 3.22. The zero-order valence-electron chi connectivity index (χ0n) is 5.59. The van der Waals surface area contributed by atoms with Gasteiger partial charge in [-0.1, -0.05) is 25.2 Å². The summed E-state index contributed by atoms with van der Waals surface area (Å²) < 4.78 is 0. The van der Waals surface area contributed by atoms with E-state index in [9.17, 15) is 0 Å². The third-order valence-corrected chi connectivity index (χ3v) is 1.29. The van der Waals surface area contributed by atoms with E-state index in [1.807, 2.05) is 24.3 Å². The van der Waals surface area contributed by atoms with Crippen molar-refractivity contribution < 1.29 is 0 Å². The molecule has 0 saturated heterocycles. The third kappa shape index (κ3) is 1.75. The summed E-state index contributed by atoms with van der Waals surface area (Å²) in [6.45, 7) is 2.14. The monoisotopic (exact) mass is 118 g/mol. The lowest BCUT2D eigenvalue weighted by Crippen LogP contribution is -1.68. The first-order valence-electron chi connectivity index (χ1n) is 3.22. The Balaban J connectivity index is 2.82. The molecule has 0 aromatic heterocycles. The van der Waals surface area contributed by atoms with Gasteiger partial charge in [-0.15, -0.1) is 5.73 Å². The minimum absolute atomic E-state index is 1.09. The van der Waals surface area contributed by atoms with E-state index in [0.717, 1.165) is 6.42 Å². The van der Waals surface area contributed by atoms with E-state index in [2.05, 4.69) is 18.7 Å². The van der Waals surface area contributed by atoms with Crippen LogP contribution in [0.25, 0.3) is 0 Å². The maximum Gasteiger partial charge on any atom is -0.0168 e. The lowest BCUT2D eigenvalue weighted by Gasteiger charge is -1.88. The molecule has 0 spiro atoms. The van der Waals surface area contributed by atoms with Crippen molar-refractivity contribution >= 4 is 0 Å². The molecule has 0 aromatic rings. The standard InChI is InChI=1S/C9H10/c1-2-9-7-5-3-4-6-8-9/h3-5,7-8H,2H2,1H3. The van der Waals surface area contributed by atoms with Crippen LogP contribution in [-0.2, 0) is 0 Å². The van der Waals surface area contributed by atoms with Gasteiger partial charge in [0.2, 0.25) is 0 Å². The molecule has 0 radical (unpaired) electrons. The molecule has 0 aromatic carbocycles. The molecule has 0 N–H and O–H groups in total. The van der Waals surface area contributed by atoms with Crippen molar-refractivity contribution in [3.63, 3.8) is 0 Å². The highest BCUT2D eigenvalue weighted by atomic mass is 13.9. The van der Waals surface area contributed by atoms with Crippen LogP contribution in [0.4, 0.5) is 0 Å². The fourth-order valence-electron chi connectivity index (χ4n) is 0.713. The molecule has 0 heteroatoms. The molecule has 9 heavy (non-hydrogen) atoms. The van der Waals surface area contributed by atoms with E-state index in [1.54, 1.807) is 0 Å². The molecule has 0 heterocycles. The third-order valence-electron chi connectivity index (χ3n) is 1.29. The summed E-state index contributed by atoms with van der Waals surface area (Å²) in [5.41, 5.74) is 4.38. The fraction of sp³-hybridized carbons (Fsp3) is 0.222. The van der Waals surface area contributed by atoms with E-state index in [1.165, 1.54) is 5.57 Å². The van der Waals surface area contributed by atoms with Crippen LogP contribution in [0, 0.1) is 0 Å². The van der Waals surface area contributed by atoms with Crippen LogP contribution < -0.4 is 0 Å². The SMILES string of the molecule is CCC1=CC=CC=C=C1. The Kier molecular flexibility index (Phi) is 2.12. The normalized spacial score (nSPS) is 15.4. The Hall–Kier alpha value is -1.00. The Morgan fingerprint density at radius 3 is 3.11 bits per heavy atom. The first kappa shape index (κ1) is 6.12. The largest absolute Gasteiger partial charge is 0.121 e. The van der Waals surface area contributed by atoms with Gasteiger partial charge in [0.05, 0.1) is 0 Å². The van der Waals surface area contributed by atoms with Crippen LogP contribution in [0.5, 0.6) is 0 Å². The molecule has 1 rings (SSSR count). The Morgan fingerprint density at radius 2 is 2.33 bits per heavy atom. The van der Waals surface area contributed by atoms with E-state index < -0.39 is 0 Å². The average Bonchev–Trinajstić information content (AvgIpc) is 2.13. The lowest BCUT2D eigenvalue weighted by molar-refractivity contribution is 1.15. The highest BCUT2D eigenvalue weighted by molar-refractivity contribution is 5.28. The summed E-state index contributed by atoms with van der Waals surface area (Å²) in [6, 6.07) is 0. The van der Waals surface area contributed by atoms with E-state index in [0.29, 0.717) is 0 Å². The zero-order chi connectivity index (χ0) is 6.53. The van der Waals surface area contributed by atoms with Crippen molar-refractivity contribution in [2.75, 3.05) is 0 Å². The van der Waals surface area contributed by atoms with Crippen LogP contribution in [0.3, 0.4) is 0 Å². The highest BCUT2D eigenvalue weighted by Gasteiger charge is 1.83. The van der Waals surface area contributed by atoms with Gasteiger partial charge in [-0.3, -0.25) is 0 Å². The molecule has 0 atom stereocenters. The van der Waals surface area contributed by atoms with E-state index >= 15 is 0 Å². The maximum absolute atomic E-state index is 3.04. The van der Waals surface area contributed by atoms with Crippen LogP contribution in [-0.4, -0.2) is 0 Å². The maximum atomic E-state index is 3.04. The summed E-state index contributed by atoms with van der Waals surface area (Å²) in [7, 11) is 0. The molecule has 46 valence electrons. The number of hydrogen-bond acceptors (Lipinski definition) is 0. The van der Waals surface area contributed by atoms with Gasteiger partial charge in [-0.25, -0.2) is 0 Å². The van der Waals surface area contributed by atoms with E-state index in [4.69, 9.17) is 0 Å². The molecule has 1 aliphatic rings. The van der Waals surface area contributed by atoms with Crippen molar-refractivity contribution in [2.24, 2.45) is 0 Å². The van der Waals surface area contributed by atoms with Gasteiger partial charge >= 0.3 is 0 Å². The molecule has 0 nitrogen and oxygen atoms in total. The van der Waals surface area contributed by atoms with Gasteiger partial charge in [0, 0.05) is 0 Å². The number of hydrogen-bond donors (Lipinski definition) is 0. The smallest absolute Gasteiger partial charge is 0.0168 e. The van der Waals surface area contributed by atoms with Crippen LogP contribution in [0.1, 0.15) is 13.3 Å². The molecule has 1 aliphatic carbocycles. The lowest BCUT2D eigenvalue weighted by atomic mass is 10.2. The number of allylic oxidation sites excluding steroid dienone is 5. The molecule has 0 amide bonds. The summed E-state index contributed by atoms with van der Waals surface area (Å²) in [4.78, 5) is 0. The second-order valence-corrected chi connectivity index (χ2v) is 1.96. The van der Waals surface area contributed by atoms with Gasteiger partial charge in [0.1, 0.15) is 0 Å². The van der Waals surface area contributed by atoms with Crippen molar-refractivity contribution in [1.29, 1.82) is 0 Å². The summed E-state index contributed by atoms with van der Waals surface area (Å²) >= 11 is 0. The van der Waals surface area contributed by atoms with Gasteiger partial charge in [0.15, 0.2) is 0 Å². The Labute approximate surface area is 55.9 Å². The summed E-state index contributed by atoms with van der Waals surface area (Å²) in [5.74, 6) is 0. The molecular weight excluding hydrogens is 108 g/mol. The highest BCUT2D eigenvalue weighted by Crippen LogP contribution is 2.03.